The molecule has 0 aliphatic rings. The lowest BCUT2D eigenvalue weighted by Crippen LogP contribution is -2.22. The van der Waals surface area contributed by atoms with E-state index in [-0.39, 0.29) is 5.91 Å². The summed E-state index contributed by atoms with van der Waals surface area (Å²) < 4.78 is 2.86. The topological polar surface area (TPSA) is 59.3 Å². The minimum Gasteiger partial charge on any atom is -0.348 e. The molecule has 26 heavy (non-hydrogen) atoms. The summed E-state index contributed by atoms with van der Waals surface area (Å²) in [6, 6.07) is 19.3. The van der Waals surface area contributed by atoms with Crippen molar-refractivity contribution < 1.29 is 4.79 Å². The zero-order chi connectivity index (χ0) is 17.9. The van der Waals surface area contributed by atoms with Gasteiger partial charge in [0.15, 0.2) is 5.65 Å². The zero-order valence-corrected chi connectivity index (χ0v) is 15.9. The Kier molecular flexibility index (Phi) is 4.66. The molecule has 0 fully saturated rings. The highest BCUT2D eigenvalue weighted by Crippen LogP contribution is 2.20. The van der Waals surface area contributed by atoms with Crippen molar-refractivity contribution in [2.45, 2.75) is 6.54 Å². The summed E-state index contributed by atoms with van der Waals surface area (Å²) in [6.45, 7) is 0.463. The van der Waals surface area contributed by atoms with Gasteiger partial charge in [-0.15, -0.1) is 0 Å². The first-order valence-corrected chi connectivity index (χ1v) is 9.20. The third-order valence-electron chi connectivity index (χ3n) is 4.02. The molecule has 5 nitrogen and oxygen atoms in total. The van der Waals surface area contributed by atoms with Crippen LogP contribution in [0.4, 0.5) is 0 Å². The van der Waals surface area contributed by atoms with Gasteiger partial charge in [0.1, 0.15) is 0 Å². The van der Waals surface area contributed by atoms with E-state index in [0.717, 1.165) is 26.0 Å². The molecule has 0 unspecified atom stereocenters. The molecule has 4 rings (SSSR count). The van der Waals surface area contributed by atoms with Crippen LogP contribution in [-0.4, -0.2) is 20.5 Å². The summed E-state index contributed by atoms with van der Waals surface area (Å²) >= 11 is 2.22. The Labute approximate surface area is 164 Å². The van der Waals surface area contributed by atoms with Crippen LogP contribution in [0.25, 0.3) is 16.9 Å². The second-order valence-corrected chi connectivity index (χ2v) is 7.09. The van der Waals surface area contributed by atoms with Gasteiger partial charge in [-0.05, 0) is 70.6 Å². The predicted octanol–water partition coefficient (Wildman–Crippen LogP) is 3.93. The van der Waals surface area contributed by atoms with E-state index >= 15 is 0 Å². The van der Waals surface area contributed by atoms with Gasteiger partial charge in [-0.3, -0.25) is 4.79 Å². The minimum absolute atomic E-state index is 0.0799. The number of carbonyl (C=O) groups is 1. The summed E-state index contributed by atoms with van der Waals surface area (Å²) in [5.41, 5.74) is 4.34. The Bertz CT molecular complexity index is 1040. The van der Waals surface area contributed by atoms with Crippen molar-refractivity contribution in [2.24, 2.45) is 0 Å². The number of hydrogen-bond donors (Lipinski definition) is 1. The number of hydrogen-bond acceptors (Lipinski definition) is 3. The van der Waals surface area contributed by atoms with Gasteiger partial charge in [-0.1, -0.05) is 18.2 Å². The average molecular weight is 454 g/mol. The van der Waals surface area contributed by atoms with E-state index in [1.54, 1.807) is 10.7 Å². The number of carbonyl (C=O) groups excluding carboxylic acids is 1. The highest BCUT2D eigenvalue weighted by Gasteiger charge is 2.08. The fourth-order valence-electron chi connectivity index (χ4n) is 2.70. The molecular formula is C20H15IN4O. The highest BCUT2D eigenvalue weighted by molar-refractivity contribution is 14.1. The molecule has 2 aromatic heterocycles. The SMILES string of the molecule is O=C(NCc1cccc(-c2cn3ncccc3n2)c1)c1ccc(I)cc1. The molecule has 0 radical (unpaired) electrons. The fraction of sp³-hybridized carbons (Fsp3) is 0.0500. The number of nitrogens with zero attached hydrogens (tertiary/aromatic N) is 3. The Morgan fingerprint density at radius 3 is 2.73 bits per heavy atom. The number of amides is 1. The molecule has 0 bridgehead atoms. The van der Waals surface area contributed by atoms with Crippen LogP contribution >= 0.6 is 22.6 Å². The Morgan fingerprint density at radius 1 is 1.08 bits per heavy atom. The zero-order valence-electron chi connectivity index (χ0n) is 13.8. The molecule has 0 atom stereocenters. The van der Waals surface area contributed by atoms with E-state index in [1.807, 2.05) is 66.9 Å². The minimum atomic E-state index is -0.0799. The molecule has 128 valence electrons. The van der Waals surface area contributed by atoms with Crippen molar-refractivity contribution in [1.29, 1.82) is 0 Å². The number of fused-ring (bicyclic) bond motifs is 1. The van der Waals surface area contributed by atoms with Gasteiger partial charge in [-0.25, -0.2) is 9.50 Å². The van der Waals surface area contributed by atoms with Crippen LogP contribution in [0.3, 0.4) is 0 Å². The number of aromatic nitrogens is 3. The number of halogens is 1. The van der Waals surface area contributed by atoms with E-state index in [9.17, 15) is 4.79 Å². The lowest BCUT2D eigenvalue weighted by molar-refractivity contribution is 0.0951. The van der Waals surface area contributed by atoms with Gasteiger partial charge >= 0.3 is 0 Å². The first kappa shape index (κ1) is 16.7. The van der Waals surface area contributed by atoms with E-state index in [1.165, 1.54) is 0 Å². The maximum Gasteiger partial charge on any atom is 0.251 e. The third kappa shape index (κ3) is 3.60. The quantitative estimate of drug-likeness (QED) is 0.476. The molecule has 0 aliphatic carbocycles. The molecule has 0 saturated carbocycles. The Balaban J connectivity index is 1.50. The second kappa shape index (κ2) is 7.25. The number of nitrogens with one attached hydrogen (secondary N) is 1. The summed E-state index contributed by atoms with van der Waals surface area (Å²) in [4.78, 5) is 16.9. The van der Waals surface area contributed by atoms with Crippen molar-refractivity contribution in [3.63, 3.8) is 0 Å². The predicted molar refractivity (Wildman–Crippen MR) is 109 cm³/mol. The van der Waals surface area contributed by atoms with Crippen LogP contribution in [0.2, 0.25) is 0 Å². The fourth-order valence-corrected chi connectivity index (χ4v) is 3.06. The number of imidazole rings is 1. The van der Waals surface area contributed by atoms with Crippen LogP contribution in [0.15, 0.2) is 73.1 Å². The molecule has 2 aromatic carbocycles. The van der Waals surface area contributed by atoms with E-state index < -0.39 is 0 Å². The lowest BCUT2D eigenvalue weighted by atomic mass is 10.1. The van der Waals surface area contributed by atoms with E-state index in [4.69, 9.17) is 0 Å². The van der Waals surface area contributed by atoms with Crippen molar-refractivity contribution in [3.05, 3.63) is 87.8 Å². The second-order valence-electron chi connectivity index (χ2n) is 5.84. The summed E-state index contributed by atoms with van der Waals surface area (Å²) in [7, 11) is 0. The third-order valence-corrected chi connectivity index (χ3v) is 4.74. The van der Waals surface area contributed by atoms with Crippen LogP contribution < -0.4 is 5.32 Å². The van der Waals surface area contributed by atoms with E-state index in [2.05, 4.69) is 38.0 Å². The van der Waals surface area contributed by atoms with Gasteiger partial charge in [-0.2, -0.15) is 5.10 Å². The standard InChI is InChI=1S/C20H15IN4O/c21-17-8-6-15(7-9-17)20(26)22-12-14-3-1-4-16(11-14)18-13-25-19(24-18)5-2-10-23-25/h1-11,13H,12H2,(H,22,26). The largest absolute Gasteiger partial charge is 0.348 e. The molecule has 6 heteroatoms. The van der Waals surface area contributed by atoms with E-state index in [0.29, 0.717) is 12.1 Å². The summed E-state index contributed by atoms with van der Waals surface area (Å²) in [5.74, 6) is -0.0799. The van der Waals surface area contributed by atoms with Crippen LogP contribution in [-0.2, 0) is 6.54 Å². The van der Waals surface area contributed by atoms with Crippen molar-refractivity contribution in [3.8, 4) is 11.3 Å². The van der Waals surface area contributed by atoms with Gasteiger partial charge in [0, 0.05) is 27.4 Å². The average Bonchev–Trinajstić information content (AvgIpc) is 3.11. The van der Waals surface area contributed by atoms with Crippen molar-refractivity contribution in [2.75, 3.05) is 0 Å². The maximum absolute atomic E-state index is 12.3. The summed E-state index contributed by atoms with van der Waals surface area (Å²) in [6.07, 6.45) is 3.63. The number of rotatable bonds is 4. The van der Waals surface area contributed by atoms with Crippen molar-refractivity contribution in [1.82, 2.24) is 19.9 Å². The maximum atomic E-state index is 12.3. The first-order valence-electron chi connectivity index (χ1n) is 8.12. The molecule has 4 aromatic rings. The summed E-state index contributed by atoms with van der Waals surface area (Å²) in [5, 5.41) is 7.21. The van der Waals surface area contributed by atoms with Gasteiger partial charge in [0.25, 0.3) is 5.91 Å². The smallest absolute Gasteiger partial charge is 0.251 e. The molecule has 0 saturated heterocycles. The molecule has 0 aliphatic heterocycles. The molecule has 2 heterocycles. The molecular weight excluding hydrogens is 439 g/mol. The highest BCUT2D eigenvalue weighted by atomic mass is 127. The monoisotopic (exact) mass is 454 g/mol. The molecule has 1 amide bonds. The molecule has 0 spiro atoms. The normalized spacial score (nSPS) is 10.8. The van der Waals surface area contributed by atoms with Crippen molar-refractivity contribution >= 4 is 34.1 Å². The lowest BCUT2D eigenvalue weighted by Gasteiger charge is -2.07. The first-order chi connectivity index (χ1) is 12.7. The van der Waals surface area contributed by atoms with Gasteiger partial charge < -0.3 is 5.32 Å². The number of benzene rings is 2. The van der Waals surface area contributed by atoms with Crippen LogP contribution in [0, 0.1) is 3.57 Å². The van der Waals surface area contributed by atoms with Crippen LogP contribution in [0.5, 0.6) is 0 Å². The van der Waals surface area contributed by atoms with Gasteiger partial charge in [0.05, 0.1) is 11.9 Å². The Morgan fingerprint density at radius 2 is 1.92 bits per heavy atom. The molecule has 1 N–H and O–H groups in total. The van der Waals surface area contributed by atoms with Crippen LogP contribution in [0.1, 0.15) is 15.9 Å². The van der Waals surface area contributed by atoms with Gasteiger partial charge in [0.2, 0.25) is 0 Å². The Hall–Kier alpha value is -2.74.